The molecule has 4 rings (SSSR count). The SMILES string of the molecule is O=C(Nc1nccs1)c1cccc(NC(=O)c2cc3ccccc3o2)c1. The van der Waals surface area contributed by atoms with Crippen molar-refractivity contribution in [3.63, 3.8) is 0 Å². The van der Waals surface area contributed by atoms with E-state index in [0.29, 0.717) is 22.0 Å². The summed E-state index contributed by atoms with van der Waals surface area (Å²) in [6.45, 7) is 0. The quantitative estimate of drug-likeness (QED) is 0.563. The number of benzene rings is 2. The molecule has 2 amide bonds. The van der Waals surface area contributed by atoms with E-state index in [-0.39, 0.29) is 17.6 Å². The normalized spacial score (nSPS) is 10.6. The number of hydrogen-bond acceptors (Lipinski definition) is 5. The molecule has 128 valence electrons. The van der Waals surface area contributed by atoms with Crippen LogP contribution in [0.2, 0.25) is 0 Å². The highest BCUT2D eigenvalue weighted by atomic mass is 32.1. The number of thiazole rings is 1. The van der Waals surface area contributed by atoms with Crippen LogP contribution < -0.4 is 10.6 Å². The van der Waals surface area contributed by atoms with Crippen LogP contribution in [-0.4, -0.2) is 16.8 Å². The molecule has 0 aliphatic carbocycles. The van der Waals surface area contributed by atoms with E-state index in [9.17, 15) is 9.59 Å². The van der Waals surface area contributed by atoms with Gasteiger partial charge in [0.1, 0.15) is 5.58 Å². The minimum absolute atomic E-state index is 0.212. The molecule has 0 saturated carbocycles. The summed E-state index contributed by atoms with van der Waals surface area (Å²) in [6, 6.07) is 15.8. The first kappa shape index (κ1) is 16.0. The average molecular weight is 363 g/mol. The number of nitrogens with one attached hydrogen (secondary N) is 2. The Balaban J connectivity index is 1.51. The number of hydrogen-bond donors (Lipinski definition) is 2. The van der Waals surface area contributed by atoms with Crippen molar-refractivity contribution in [2.45, 2.75) is 0 Å². The Hall–Kier alpha value is -3.45. The van der Waals surface area contributed by atoms with Crippen molar-refractivity contribution in [3.8, 4) is 0 Å². The molecule has 2 heterocycles. The third-order valence-electron chi connectivity index (χ3n) is 3.68. The Morgan fingerprint density at radius 2 is 1.85 bits per heavy atom. The molecular weight excluding hydrogens is 350 g/mol. The molecule has 4 aromatic rings. The molecule has 6 nitrogen and oxygen atoms in total. The standard InChI is InChI=1S/C19H13N3O3S/c23-17(22-19-20-8-9-26-19)13-5-3-6-14(10-13)21-18(24)16-11-12-4-1-2-7-15(12)25-16/h1-11H,(H,21,24)(H,20,22,23). The van der Waals surface area contributed by atoms with Crippen LogP contribution >= 0.6 is 11.3 Å². The molecule has 7 heteroatoms. The molecular formula is C19H13N3O3S. The van der Waals surface area contributed by atoms with Gasteiger partial charge in [-0.05, 0) is 30.3 Å². The zero-order chi connectivity index (χ0) is 17.9. The van der Waals surface area contributed by atoms with Gasteiger partial charge in [-0.3, -0.25) is 14.9 Å². The summed E-state index contributed by atoms with van der Waals surface area (Å²) in [5.74, 6) is -0.456. The Morgan fingerprint density at radius 3 is 2.65 bits per heavy atom. The fourth-order valence-electron chi connectivity index (χ4n) is 2.48. The number of anilines is 2. The van der Waals surface area contributed by atoms with Crippen LogP contribution in [0.15, 0.2) is 70.6 Å². The molecule has 0 saturated heterocycles. The van der Waals surface area contributed by atoms with Crippen LogP contribution in [0.5, 0.6) is 0 Å². The van der Waals surface area contributed by atoms with Crippen LogP contribution in [-0.2, 0) is 0 Å². The number of fused-ring (bicyclic) bond motifs is 1. The summed E-state index contributed by atoms with van der Waals surface area (Å²) >= 11 is 1.33. The summed E-state index contributed by atoms with van der Waals surface area (Å²) in [6.07, 6.45) is 1.62. The van der Waals surface area contributed by atoms with E-state index in [0.717, 1.165) is 5.39 Å². The Kier molecular flexibility index (Phi) is 4.20. The summed E-state index contributed by atoms with van der Waals surface area (Å²) < 4.78 is 5.55. The topological polar surface area (TPSA) is 84.2 Å². The van der Waals surface area contributed by atoms with Crippen molar-refractivity contribution < 1.29 is 14.0 Å². The number of carbonyl (C=O) groups is 2. The molecule has 26 heavy (non-hydrogen) atoms. The van der Waals surface area contributed by atoms with Gasteiger partial charge in [-0.1, -0.05) is 24.3 Å². The third kappa shape index (κ3) is 3.33. The molecule has 0 radical (unpaired) electrons. The van der Waals surface area contributed by atoms with Gasteiger partial charge < -0.3 is 9.73 Å². The van der Waals surface area contributed by atoms with Gasteiger partial charge in [0.2, 0.25) is 0 Å². The van der Waals surface area contributed by atoms with Gasteiger partial charge in [-0.15, -0.1) is 11.3 Å². The van der Waals surface area contributed by atoms with Crippen LogP contribution in [0.3, 0.4) is 0 Å². The molecule has 0 fully saturated rings. The van der Waals surface area contributed by atoms with Crippen molar-refractivity contribution in [3.05, 3.63) is 77.5 Å². The lowest BCUT2D eigenvalue weighted by Crippen LogP contribution is -2.14. The Morgan fingerprint density at radius 1 is 0.962 bits per heavy atom. The van der Waals surface area contributed by atoms with Crippen molar-refractivity contribution in [2.75, 3.05) is 10.6 Å². The summed E-state index contributed by atoms with van der Waals surface area (Å²) in [7, 11) is 0. The number of para-hydroxylation sites is 1. The number of amides is 2. The van der Waals surface area contributed by atoms with Gasteiger partial charge in [0.15, 0.2) is 10.9 Å². The lowest BCUT2D eigenvalue weighted by Gasteiger charge is -2.06. The van der Waals surface area contributed by atoms with Gasteiger partial charge >= 0.3 is 0 Å². The van der Waals surface area contributed by atoms with E-state index in [1.54, 1.807) is 48.0 Å². The molecule has 0 bridgehead atoms. The van der Waals surface area contributed by atoms with E-state index >= 15 is 0 Å². The first-order chi connectivity index (χ1) is 12.7. The smallest absolute Gasteiger partial charge is 0.291 e. The number of furan rings is 1. The van der Waals surface area contributed by atoms with Crippen LogP contribution in [0, 0.1) is 0 Å². The lowest BCUT2D eigenvalue weighted by molar-refractivity contribution is 0.0995. The van der Waals surface area contributed by atoms with Gasteiger partial charge in [0.05, 0.1) is 0 Å². The molecule has 0 atom stereocenters. The summed E-state index contributed by atoms with van der Waals surface area (Å²) in [4.78, 5) is 28.7. The van der Waals surface area contributed by atoms with E-state index in [2.05, 4.69) is 15.6 Å². The fourth-order valence-corrected chi connectivity index (χ4v) is 3.00. The number of carbonyl (C=O) groups excluding carboxylic acids is 2. The second kappa shape index (κ2) is 6.81. The lowest BCUT2D eigenvalue weighted by atomic mass is 10.2. The van der Waals surface area contributed by atoms with E-state index < -0.39 is 0 Å². The first-order valence-corrected chi connectivity index (χ1v) is 8.68. The molecule has 2 N–H and O–H groups in total. The van der Waals surface area contributed by atoms with Crippen molar-refractivity contribution in [1.82, 2.24) is 4.98 Å². The zero-order valence-electron chi connectivity index (χ0n) is 13.4. The maximum atomic E-state index is 12.4. The first-order valence-electron chi connectivity index (χ1n) is 7.80. The number of nitrogens with zero attached hydrogens (tertiary/aromatic N) is 1. The van der Waals surface area contributed by atoms with Crippen LogP contribution in [0.1, 0.15) is 20.9 Å². The Bertz CT molecular complexity index is 1050. The van der Waals surface area contributed by atoms with Crippen molar-refractivity contribution in [1.29, 1.82) is 0 Å². The monoisotopic (exact) mass is 363 g/mol. The van der Waals surface area contributed by atoms with E-state index in [1.807, 2.05) is 18.2 Å². The Labute approximate surface area is 152 Å². The predicted molar refractivity (Wildman–Crippen MR) is 101 cm³/mol. The van der Waals surface area contributed by atoms with E-state index in [4.69, 9.17) is 4.42 Å². The van der Waals surface area contributed by atoms with Crippen LogP contribution in [0.25, 0.3) is 11.0 Å². The van der Waals surface area contributed by atoms with Gasteiger partial charge in [0, 0.05) is 28.2 Å². The van der Waals surface area contributed by atoms with Crippen LogP contribution in [0.4, 0.5) is 10.8 Å². The predicted octanol–water partition coefficient (Wildman–Crippen LogP) is 4.39. The molecule has 0 aliphatic heterocycles. The average Bonchev–Trinajstić information content (AvgIpc) is 3.31. The number of aromatic nitrogens is 1. The summed E-state index contributed by atoms with van der Waals surface area (Å²) in [5, 5.41) is 8.61. The molecule has 0 aliphatic rings. The minimum atomic E-state index is -0.376. The second-order valence-corrected chi connectivity index (χ2v) is 6.37. The van der Waals surface area contributed by atoms with Crippen molar-refractivity contribution in [2.24, 2.45) is 0 Å². The highest BCUT2D eigenvalue weighted by Crippen LogP contribution is 2.20. The van der Waals surface area contributed by atoms with Gasteiger partial charge in [-0.2, -0.15) is 0 Å². The molecule has 2 aromatic heterocycles. The van der Waals surface area contributed by atoms with Gasteiger partial charge in [0.25, 0.3) is 11.8 Å². The zero-order valence-corrected chi connectivity index (χ0v) is 14.2. The highest BCUT2D eigenvalue weighted by molar-refractivity contribution is 7.13. The van der Waals surface area contributed by atoms with E-state index in [1.165, 1.54) is 11.3 Å². The third-order valence-corrected chi connectivity index (χ3v) is 4.37. The maximum Gasteiger partial charge on any atom is 0.291 e. The highest BCUT2D eigenvalue weighted by Gasteiger charge is 2.14. The maximum absolute atomic E-state index is 12.4. The summed E-state index contributed by atoms with van der Waals surface area (Å²) in [5.41, 5.74) is 1.57. The number of rotatable bonds is 4. The van der Waals surface area contributed by atoms with Gasteiger partial charge in [-0.25, -0.2) is 4.98 Å². The molecule has 0 spiro atoms. The largest absolute Gasteiger partial charge is 0.451 e. The minimum Gasteiger partial charge on any atom is -0.451 e. The fraction of sp³-hybridized carbons (Fsp3) is 0. The second-order valence-electron chi connectivity index (χ2n) is 5.47. The molecule has 2 aromatic carbocycles. The molecule has 0 unspecified atom stereocenters. The van der Waals surface area contributed by atoms with Crippen molar-refractivity contribution >= 4 is 44.9 Å².